The zero-order valence-electron chi connectivity index (χ0n) is 29.2. The predicted molar refractivity (Wildman–Crippen MR) is 198 cm³/mol. The van der Waals surface area contributed by atoms with Crippen LogP contribution in [0, 0.1) is 17.0 Å². The van der Waals surface area contributed by atoms with Crippen molar-refractivity contribution in [2.45, 2.75) is 62.6 Å². The number of anilines is 1. The average molecular weight is 749 g/mol. The maximum absolute atomic E-state index is 14.9. The van der Waals surface area contributed by atoms with E-state index in [9.17, 15) is 28.1 Å². The number of aryl methyl sites for hydroxylation is 1. The Morgan fingerprint density at radius 2 is 1.65 bits per heavy atom. The van der Waals surface area contributed by atoms with Crippen molar-refractivity contribution < 1.29 is 32.4 Å². The minimum Gasteiger partial charge on any atom is -0.497 e. The lowest BCUT2D eigenvalue weighted by Gasteiger charge is -2.34. The van der Waals surface area contributed by atoms with Crippen LogP contribution in [-0.2, 0) is 32.6 Å². The van der Waals surface area contributed by atoms with Crippen LogP contribution in [0.5, 0.6) is 11.5 Å². The lowest BCUT2D eigenvalue weighted by molar-refractivity contribution is -0.385. The summed E-state index contributed by atoms with van der Waals surface area (Å²) in [6, 6.07) is 23.1. The van der Waals surface area contributed by atoms with Gasteiger partial charge in [0.25, 0.3) is 15.7 Å². The van der Waals surface area contributed by atoms with Crippen LogP contribution in [-0.4, -0.2) is 62.9 Å². The number of benzene rings is 4. The molecule has 0 spiro atoms. The van der Waals surface area contributed by atoms with Gasteiger partial charge in [0.05, 0.1) is 29.7 Å². The maximum Gasteiger partial charge on any atom is 0.273 e. The molecule has 4 aromatic carbocycles. The van der Waals surface area contributed by atoms with Crippen LogP contribution in [0.25, 0.3) is 0 Å². The highest BCUT2D eigenvalue weighted by Crippen LogP contribution is 2.36. The van der Waals surface area contributed by atoms with Crippen LogP contribution in [0.15, 0.2) is 95.9 Å². The second-order valence-corrected chi connectivity index (χ2v) is 14.9. The van der Waals surface area contributed by atoms with Crippen LogP contribution in [0.2, 0.25) is 5.02 Å². The van der Waals surface area contributed by atoms with Gasteiger partial charge in [0, 0.05) is 35.7 Å². The summed E-state index contributed by atoms with van der Waals surface area (Å²) in [6.45, 7) is 0.630. The summed E-state index contributed by atoms with van der Waals surface area (Å²) >= 11 is 6.37. The van der Waals surface area contributed by atoms with Gasteiger partial charge in [0.1, 0.15) is 24.1 Å². The molecule has 0 aromatic heterocycles. The number of rotatable bonds is 15. The van der Waals surface area contributed by atoms with Gasteiger partial charge in [0.15, 0.2) is 0 Å². The molecule has 0 aliphatic heterocycles. The summed E-state index contributed by atoms with van der Waals surface area (Å²) in [7, 11) is -1.83. The number of sulfonamides is 1. The van der Waals surface area contributed by atoms with Crippen molar-refractivity contribution >= 4 is 44.8 Å². The normalized spacial score (nSPS) is 13.6. The number of amides is 2. The number of nitrogens with one attached hydrogen (secondary N) is 1. The van der Waals surface area contributed by atoms with E-state index in [1.807, 2.05) is 30.3 Å². The van der Waals surface area contributed by atoms with Gasteiger partial charge < -0.3 is 19.7 Å². The maximum atomic E-state index is 14.9. The van der Waals surface area contributed by atoms with E-state index < -0.39 is 44.0 Å². The summed E-state index contributed by atoms with van der Waals surface area (Å²) in [6.07, 6.45) is 3.73. The number of hydrogen-bond acceptors (Lipinski definition) is 8. The zero-order valence-corrected chi connectivity index (χ0v) is 30.7. The van der Waals surface area contributed by atoms with Crippen molar-refractivity contribution in [3.05, 3.63) is 123 Å². The fraction of sp³-hybridized carbons (Fsp3) is 0.316. The molecule has 2 amide bonds. The number of nitro groups is 1. The monoisotopic (exact) mass is 748 g/mol. The lowest BCUT2D eigenvalue weighted by atomic mass is 10.0. The highest BCUT2D eigenvalue weighted by Gasteiger charge is 2.37. The van der Waals surface area contributed by atoms with Crippen molar-refractivity contribution in [2.24, 2.45) is 0 Å². The topological polar surface area (TPSA) is 148 Å². The van der Waals surface area contributed by atoms with Crippen molar-refractivity contribution in [3.8, 4) is 11.5 Å². The van der Waals surface area contributed by atoms with Gasteiger partial charge in [-0.05, 0) is 67.3 Å². The Balaban J connectivity index is 1.64. The molecule has 4 aromatic rings. The first-order valence-electron chi connectivity index (χ1n) is 16.8. The fourth-order valence-electron chi connectivity index (χ4n) is 6.33. The molecule has 12 nitrogen and oxygen atoms in total. The predicted octanol–water partition coefficient (Wildman–Crippen LogP) is 6.47. The Morgan fingerprint density at radius 3 is 2.33 bits per heavy atom. The molecule has 1 atom stereocenters. The number of halogens is 1. The van der Waals surface area contributed by atoms with Crippen molar-refractivity contribution in [2.75, 3.05) is 25.1 Å². The molecule has 1 aliphatic carbocycles. The number of ether oxygens (including phenoxy) is 2. The fourth-order valence-corrected chi connectivity index (χ4v) is 7.94. The Hall–Kier alpha value is -5.14. The van der Waals surface area contributed by atoms with Gasteiger partial charge in [-0.2, -0.15) is 0 Å². The van der Waals surface area contributed by atoms with Crippen molar-refractivity contribution in [1.82, 2.24) is 10.2 Å². The van der Waals surface area contributed by atoms with Crippen LogP contribution in [0.3, 0.4) is 0 Å². The quantitative estimate of drug-likeness (QED) is 0.108. The smallest absolute Gasteiger partial charge is 0.273 e. The van der Waals surface area contributed by atoms with Crippen LogP contribution >= 0.6 is 11.6 Å². The van der Waals surface area contributed by atoms with E-state index in [-0.39, 0.29) is 46.9 Å². The van der Waals surface area contributed by atoms with Gasteiger partial charge >= 0.3 is 0 Å². The van der Waals surface area contributed by atoms with Crippen LogP contribution in [0.1, 0.15) is 42.4 Å². The summed E-state index contributed by atoms with van der Waals surface area (Å²) in [5, 5.41) is 15.1. The van der Waals surface area contributed by atoms with E-state index in [2.05, 4.69) is 5.32 Å². The lowest BCUT2D eigenvalue weighted by Crippen LogP contribution is -2.54. The SMILES string of the molecule is COc1cccc(CN(C(=O)CN(c2cc(Cl)ccc2OC)S(=O)(=O)c2ccc(C)c([N+](=O)[O-])c2)[C@@H](Cc2ccccc2)C(=O)NC2CCCC2)c1. The summed E-state index contributed by atoms with van der Waals surface area (Å²) < 4.78 is 40.9. The number of hydrogen-bond donors (Lipinski definition) is 1. The Labute approximate surface area is 308 Å². The van der Waals surface area contributed by atoms with Gasteiger partial charge in [-0.15, -0.1) is 0 Å². The first-order valence-corrected chi connectivity index (χ1v) is 18.6. The number of carbonyl (C=O) groups excluding carboxylic acids is 2. The number of methoxy groups -OCH3 is 2. The Morgan fingerprint density at radius 1 is 0.942 bits per heavy atom. The highest BCUT2D eigenvalue weighted by atomic mass is 35.5. The number of carbonyl (C=O) groups is 2. The third-order valence-corrected chi connectivity index (χ3v) is 11.1. The van der Waals surface area contributed by atoms with Gasteiger partial charge in [-0.25, -0.2) is 8.42 Å². The second-order valence-electron chi connectivity index (χ2n) is 12.6. The minimum absolute atomic E-state index is 0.0514. The molecule has 0 heterocycles. The summed E-state index contributed by atoms with van der Waals surface area (Å²) in [5.41, 5.74) is 1.22. The van der Waals surface area contributed by atoms with E-state index in [0.29, 0.717) is 11.3 Å². The third kappa shape index (κ3) is 9.01. The molecule has 0 radical (unpaired) electrons. The highest BCUT2D eigenvalue weighted by molar-refractivity contribution is 7.92. The molecule has 52 heavy (non-hydrogen) atoms. The summed E-state index contributed by atoms with van der Waals surface area (Å²) in [5.74, 6) is -0.455. The van der Waals surface area contributed by atoms with Crippen molar-refractivity contribution in [3.63, 3.8) is 0 Å². The molecule has 0 unspecified atom stereocenters. The molecule has 274 valence electrons. The molecule has 5 rings (SSSR count). The number of nitro benzene ring substituents is 1. The molecule has 1 fully saturated rings. The zero-order chi connectivity index (χ0) is 37.4. The van der Waals surface area contributed by atoms with Gasteiger partial charge in [0.2, 0.25) is 11.8 Å². The summed E-state index contributed by atoms with van der Waals surface area (Å²) in [4.78, 5) is 41.3. The number of nitrogens with zero attached hydrogens (tertiary/aromatic N) is 3. The molecule has 14 heteroatoms. The molecule has 0 bridgehead atoms. The average Bonchev–Trinajstić information content (AvgIpc) is 3.65. The third-order valence-electron chi connectivity index (χ3n) is 9.11. The van der Waals surface area contributed by atoms with Gasteiger partial charge in [-0.3, -0.25) is 24.0 Å². The minimum atomic E-state index is -4.69. The van der Waals surface area contributed by atoms with Crippen LogP contribution < -0.4 is 19.1 Å². The first-order chi connectivity index (χ1) is 24.9. The Bertz CT molecular complexity index is 2020. The largest absolute Gasteiger partial charge is 0.497 e. The van der Waals surface area contributed by atoms with Crippen molar-refractivity contribution in [1.29, 1.82) is 0 Å². The molecular weight excluding hydrogens is 708 g/mol. The molecule has 1 N–H and O–H groups in total. The van der Waals surface area contributed by atoms with E-state index in [1.54, 1.807) is 24.3 Å². The molecule has 1 aliphatic rings. The van der Waals surface area contributed by atoms with E-state index in [4.69, 9.17) is 21.1 Å². The van der Waals surface area contributed by atoms with Gasteiger partial charge in [-0.1, -0.05) is 73.0 Å². The van der Waals surface area contributed by atoms with E-state index in [0.717, 1.165) is 41.6 Å². The molecular formula is C38H41ClN4O8S. The first kappa shape index (κ1) is 38.1. The Kier molecular flexibility index (Phi) is 12.4. The second kappa shape index (κ2) is 16.9. The van der Waals surface area contributed by atoms with Crippen LogP contribution in [0.4, 0.5) is 11.4 Å². The van der Waals surface area contributed by atoms with E-state index >= 15 is 0 Å². The van der Waals surface area contributed by atoms with E-state index in [1.165, 1.54) is 56.4 Å². The molecule has 1 saturated carbocycles. The standard InChI is InChI=1S/C38H41ClN4O8S/c1-26-16-18-32(23-33(26)43(46)47)52(48,49)42(34-22-29(39)17-19-36(34)51-3)25-37(44)41(24-28-12-9-15-31(20-28)50-2)35(21-27-10-5-4-6-11-27)38(45)40-30-13-7-8-14-30/h4-6,9-12,15-20,22-23,30,35H,7-8,13-14,21,24-25H2,1-3H3,(H,40,45)/t35-/m0/s1. The molecule has 0 saturated heterocycles.